The fourth-order valence-corrected chi connectivity index (χ4v) is 1.81. The SMILES string of the molecule is C[C@@H](N[C@]1(O)C[C@@H]1C)c1ccccc1. The van der Waals surface area contributed by atoms with Crippen molar-refractivity contribution in [3.05, 3.63) is 35.9 Å². The summed E-state index contributed by atoms with van der Waals surface area (Å²) in [6, 6.07) is 10.4. The van der Waals surface area contributed by atoms with Crippen molar-refractivity contribution in [3.63, 3.8) is 0 Å². The molecule has 0 radical (unpaired) electrons. The summed E-state index contributed by atoms with van der Waals surface area (Å²) < 4.78 is 0. The van der Waals surface area contributed by atoms with Crippen molar-refractivity contribution in [2.45, 2.75) is 32.0 Å². The van der Waals surface area contributed by atoms with Gasteiger partial charge in [0, 0.05) is 12.0 Å². The first-order chi connectivity index (χ1) is 6.62. The Balaban J connectivity index is 2.00. The molecular weight excluding hydrogens is 174 g/mol. The fraction of sp³-hybridized carbons (Fsp3) is 0.500. The third-order valence-corrected chi connectivity index (χ3v) is 3.04. The largest absolute Gasteiger partial charge is 0.376 e. The fourth-order valence-electron chi connectivity index (χ4n) is 1.81. The molecular formula is C12H17NO. The Kier molecular flexibility index (Phi) is 2.33. The normalized spacial score (nSPS) is 32.6. The Morgan fingerprint density at radius 1 is 1.43 bits per heavy atom. The molecule has 2 N–H and O–H groups in total. The molecule has 0 spiro atoms. The number of hydrogen-bond acceptors (Lipinski definition) is 2. The zero-order valence-corrected chi connectivity index (χ0v) is 8.70. The van der Waals surface area contributed by atoms with Gasteiger partial charge in [-0.2, -0.15) is 0 Å². The van der Waals surface area contributed by atoms with Crippen LogP contribution < -0.4 is 5.32 Å². The van der Waals surface area contributed by atoms with E-state index in [1.807, 2.05) is 18.2 Å². The Bertz CT molecular complexity index is 311. The molecule has 0 amide bonds. The number of aliphatic hydroxyl groups is 1. The number of rotatable bonds is 3. The molecule has 0 bridgehead atoms. The Hall–Kier alpha value is -0.860. The molecule has 1 aromatic carbocycles. The van der Waals surface area contributed by atoms with Crippen LogP contribution in [0.5, 0.6) is 0 Å². The van der Waals surface area contributed by atoms with Gasteiger partial charge in [-0.05, 0) is 18.9 Å². The molecule has 0 aromatic heterocycles. The number of benzene rings is 1. The summed E-state index contributed by atoms with van der Waals surface area (Å²) in [7, 11) is 0. The smallest absolute Gasteiger partial charge is 0.119 e. The van der Waals surface area contributed by atoms with Crippen LogP contribution in [0.25, 0.3) is 0 Å². The Morgan fingerprint density at radius 2 is 2.00 bits per heavy atom. The summed E-state index contributed by atoms with van der Waals surface area (Å²) in [5.74, 6) is 0.383. The maximum absolute atomic E-state index is 9.92. The highest BCUT2D eigenvalue weighted by Gasteiger charge is 2.50. The summed E-state index contributed by atoms with van der Waals surface area (Å²) in [6.45, 7) is 4.14. The van der Waals surface area contributed by atoms with Crippen LogP contribution in [0.2, 0.25) is 0 Å². The predicted octanol–water partition coefficient (Wildman–Crippen LogP) is 2.07. The van der Waals surface area contributed by atoms with E-state index in [1.165, 1.54) is 5.56 Å². The zero-order chi connectivity index (χ0) is 10.2. The lowest BCUT2D eigenvalue weighted by atomic mass is 10.1. The van der Waals surface area contributed by atoms with Gasteiger partial charge in [0.15, 0.2) is 0 Å². The van der Waals surface area contributed by atoms with Gasteiger partial charge in [0.05, 0.1) is 0 Å². The van der Waals surface area contributed by atoms with E-state index in [-0.39, 0.29) is 6.04 Å². The average molecular weight is 191 g/mol. The second-order valence-electron chi connectivity index (χ2n) is 4.31. The maximum Gasteiger partial charge on any atom is 0.119 e. The quantitative estimate of drug-likeness (QED) is 0.717. The second kappa shape index (κ2) is 3.37. The van der Waals surface area contributed by atoms with Gasteiger partial charge in [-0.15, -0.1) is 0 Å². The van der Waals surface area contributed by atoms with Crippen molar-refractivity contribution in [3.8, 4) is 0 Å². The molecule has 1 aliphatic carbocycles. The van der Waals surface area contributed by atoms with Crippen LogP contribution in [0.15, 0.2) is 30.3 Å². The lowest BCUT2D eigenvalue weighted by Gasteiger charge is -2.19. The van der Waals surface area contributed by atoms with E-state index in [9.17, 15) is 5.11 Å². The van der Waals surface area contributed by atoms with Gasteiger partial charge in [-0.1, -0.05) is 37.3 Å². The van der Waals surface area contributed by atoms with Crippen molar-refractivity contribution >= 4 is 0 Å². The molecule has 1 saturated carbocycles. The minimum atomic E-state index is -0.616. The summed E-state index contributed by atoms with van der Waals surface area (Å²) in [5.41, 5.74) is 0.606. The monoisotopic (exact) mass is 191 g/mol. The van der Waals surface area contributed by atoms with Crippen molar-refractivity contribution in [1.29, 1.82) is 0 Å². The average Bonchev–Trinajstić information content (AvgIpc) is 2.75. The zero-order valence-electron chi connectivity index (χ0n) is 8.70. The number of hydrogen-bond donors (Lipinski definition) is 2. The molecule has 76 valence electrons. The first-order valence-corrected chi connectivity index (χ1v) is 5.17. The third-order valence-electron chi connectivity index (χ3n) is 3.04. The van der Waals surface area contributed by atoms with Crippen LogP contribution in [0.4, 0.5) is 0 Å². The standard InChI is InChI=1S/C12H17NO/c1-9-8-12(9,14)13-10(2)11-6-4-3-5-7-11/h3-7,9-10,13-14H,8H2,1-2H3/t9-,10+,12-/m0/s1. The molecule has 3 atom stereocenters. The minimum absolute atomic E-state index is 0.214. The highest BCUT2D eigenvalue weighted by atomic mass is 16.3. The summed E-state index contributed by atoms with van der Waals surface area (Å²) in [4.78, 5) is 0. The molecule has 0 saturated heterocycles. The maximum atomic E-state index is 9.92. The highest BCUT2D eigenvalue weighted by Crippen LogP contribution is 2.41. The highest BCUT2D eigenvalue weighted by molar-refractivity contribution is 5.19. The van der Waals surface area contributed by atoms with Crippen LogP contribution in [0, 0.1) is 5.92 Å². The van der Waals surface area contributed by atoms with Gasteiger partial charge >= 0.3 is 0 Å². The van der Waals surface area contributed by atoms with E-state index in [0.717, 1.165) is 6.42 Å². The summed E-state index contributed by atoms with van der Waals surface area (Å²) >= 11 is 0. The molecule has 1 aliphatic rings. The predicted molar refractivity (Wildman–Crippen MR) is 56.7 cm³/mol. The Morgan fingerprint density at radius 3 is 2.50 bits per heavy atom. The molecule has 2 heteroatoms. The van der Waals surface area contributed by atoms with Gasteiger partial charge in [0.2, 0.25) is 0 Å². The van der Waals surface area contributed by atoms with Crippen molar-refractivity contribution in [1.82, 2.24) is 5.32 Å². The van der Waals surface area contributed by atoms with Crippen LogP contribution in [-0.2, 0) is 0 Å². The molecule has 14 heavy (non-hydrogen) atoms. The molecule has 2 rings (SSSR count). The van der Waals surface area contributed by atoms with E-state index >= 15 is 0 Å². The summed E-state index contributed by atoms with van der Waals surface area (Å²) in [6.07, 6.45) is 0.865. The minimum Gasteiger partial charge on any atom is -0.376 e. The van der Waals surface area contributed by atoms with E-state index < -0.39 is 5.72 Å². The summed E-state index contributed by atoms with van der Waals surface area (Å²) in [5, 5.41) is 13.2. The van der Waals surface area contributed by atoms with Crippen LogP contribution in [0.1, 0.15) is 31.9 Å². The first kappa shape index (κ1) is 9.69. The topological polar surface area (TPSA) is 32.3 Å². The van der Waals surface area contributed by atoms with E-state index in [0.29, 0.717) is 5.92 Å². The van der Waals surface area contributed by atoms with Crippen molar-refractivity contribution < 1.29 is 5.11 Å². The first-order valence-electron chi connectivity index (χ1n) is 5.17. The van der Waals surface area contributed by atoms with Crippen LogP contribution >= 0.6 is 0 Å². The van der Waals surface area contributed by atoms with Crippen molar-refractivity contribution in [2.75, 3.05) is 0 Å². The molecule has 0 heterocycles. The molecule has 2 nitrogen and oxygen atoms in total. The Labute approximate surface area is 85.0 Å². The molecule has 0 aliphatic heterocycles. The van der Waals surface area contributed by atoms with Crippen LogP contribution in [0.3, 0.4) is 0 Å². The van der Waals surface area contributed by atoms with Crippen molar-refractivity contribution in [2.24, 2.45) is 5.92 Å². The van der Waals surface area contributed by atoms with Gasteiger partial charge in [0.25, 0.3) is 0 Å². The number of nitrogens with one attached hydrogen (secondary N) is 1. The van der Waals surface area contributed by atoms with Crippen LogP contribution in [-0.4, -0.2) is 10.8 Å². The van der Waals surface area contributed by atoms with E-state index in [2.05, 4.69) is 31.3 Å². The lowest BCUT2D eigenvalue weighted by molar-refractivity contribution is 0.0842. The van der Waals surface area contributed by atoms with Gasteiger partial charge in [0.1, 0.15) is 5.72 Å². The molecule has 1 aromatic rings. The lowest BCUT2D eigenvalue weighted by Crippen LogP contribution is -2.34. The van der Waals surface area contributed by atoms with Gasteiger partial charge < -0.3 is 5.11 Å². The molecule has 1 fully saturated rings. The van der Waals surface area contributed by atoms with Gasteiger partial charge in [-0.25, -0.2) is 0 Å². The third kappa shape index (κ3) is 1.81. The van der Waals surface area contributed by atoms with E-state index in [1.54, 1.807) is 0 Å². The second-order valence-corrected chi connectivity index (χ2v) is 4.31. The molecule has 0 unspecified atom stereocenters. The van der Waals surface area contributed by atoms with Gasteiger partial charge in [-0.3, -0.25) is 5.32 Å². The van der Waals surface area contributed by atoms with E-state index in [4.69, 9.17) is 0 Å².